The number of nitro groups is 1. The van der Waals surface area contributed by atoms with E-state index in [1.165, 1.54) is 22.7 Å². The lowest BCUT2D eigenvalue weighted by Crippen LogP contribution is -2.31. The molecule has 0 radical (unpaired) electrons. The fourth-order valence-electron chi connectivity index (χ4n) is 3.12. The maximum atomic E-state index is 11.2. The minimum Gasteiger partial charge on any atom is -0.358 e. The van der Waals surface area contributed by atoms with Crippen LogP contribution in [0, 0.1) is 10.1 Å². The molecule has 1 aliphatic rings. The molecule has 4 rings (SSSR count). The highest BCUT2D eigenvalue weighted by Gasteiger charge is 2.26. The molecule has 0 saturated carbocycles. The number of hydrogen-bond donors (Lipinski definition) is 1. The van der Waals surface area contributed by atoms with E-state index < -0.39 is 0 Å². The highest BCUT2D eigenvalue weighted by Crippen LogP contribution is 2.32. The van der Waals surface area contributed by atoms with Crippen LogP contribution < -0.4 is 4.90 Å². The van der Waals surface area contributed by atoms with E-state index in [0.717, 1.165) is 18.5 Å². The number of aromatic nitrogens is 2. The second kappa shape index (κ2) is 4.84. The van der Waals surface area contributed by atoms with E-state index in [0.29, 0.717) is 12.4 Å². The summed E-state index contributed by atoms with van der Waals surface area (Å²) in [6.45, 7) is 1.36. The van der Waals surface area contributed by atoms with Crippen molar-refractivity contribution in [2.24, 2.45) is 0 Å². The quantitative estimate of drug-likeness (QED) is 0.582. The molecule has 0 bridgehead atoms. The number of rotatable bonds is 2. The van der Waals surface area contributed by atoms with Crippen molar-refractivity contribution in [1.29, 1.82) is 0 Å². The molecule has 0 fully saturated rings. The Bertz CT molecular complexity index is 871. The Kier molecular flexibility index (Phi) is 2.82. The van der Waals surface area contributed by atoms with Gasteiger partial charge in [0.05, 0.1) is 4.92 Å². The average Bonchev–Trinajstić information content (AvgIpc) is 2.92. The molecule has 6 heteroatoms. The van der Waals surface area contributed by atoms with Gasteiger partial charge in [0.1, 0.15) is 0 Å². The summed E-state index contributed by atoms with van der Waals surface area (Å²) >= 11 is 0. The largest absolute Gasteiger partial charge is 0.358 e. The lowest BCUT2D eigenvalue weighted by atomic mass is 10.0. The number of hydrogen-bond acceptors (Lipinski definition) is 4. The third kappa shape index (κ3) is 1.92. The normalized spacial score (nSPS) is 14.1. The number of anilines is 1. The van der Waals surface area contributed by atoms with Crippen molar-refractivity contribution in [2.45, 2.75) is 13.0 Å². The van der Waals surface area contributed by atoms with Gasteiger partial charge in [-0.2, -0.15) is 0 Å². The van der Waals surface area contributed by atoms with Crippen molar-refractivity contribution >= 4 is 22.4 Å². The molecule has 1 N–H and O–H groups in total. The highest BCUT2D eigenvalue weighted by molar-refractivity contribution is 5.85. The maximum absolute atomic E-state index is 11.2. The smallest absolute Gasteiger partial charge is 0.311 e. The topological polar surface area (TPSA) is 75.1 Å². The number of aromatic amines is 1. The Balaban J connectivity index is 1.77. The summed E-state index contributed by atoms with van der Waals surface area (Å²) in [7, 11) is 0. The van der Waals surface area contributed by atoms with Gasteiger partial charge in [0.15, 0.2) is 0 Å². The minimum absolute atomic E-state index is 0.0609. The van der Waals surface area contributed by atoms with E-state index in [1.807, 2.05) is 17.0 Å². The summed E-state index contributed by atoms with van der Waals surface area (Å²) in [5.74, 6) is 0.448. The van der Waals surface area contributed by atoms with Gasteiger partial charge in [-0.15, -0.1) is 0 Å². The van der Waals surface area contributed by atoms with E-state index >= 15 is 0 Å². The van der Waals surface area contributed by atoms with Crippen LogP contribution in [0.1, 0.15) is 11.3 Å². The Morgan fingerprint density at radius 1 is 1.23 bits per heavy atom. The Morgan fingerprint density at radius 2 is 2.09 bits per heavy atom. The molecule has 0 atom stereocenters. The molecular formula is C16H14N4O2. The number of fused-ring (bicyclic) bond motifs is 3. The van der Waals surface area contributed by atoms with Gasteiger partial charge >= 0.3 is 5.69 Å². The SMILES string of the molecule is O=[N+]([O-])c1cccnc1N1CCc2[nH]c3ccccc3c2C1. The Hall–Kier alpha value is -2.89. The van der Waals surface area contributed by atoms with E-state index in [4.69, 9.17) is 0 Å². The molecule has 6 nitrogen and oxygen atoms in total. The molecule has 0 aliphatic carbocycles. The van der Waals surface area contributed by atoms with Gasteiger partial charge in [-0.25, -0.2) is 4.98 Å². The van der Waals surface area contributed by atoms with Crippen LogP contribution in [0.2, 0.25) is 0 Å². The fraction of sp³-hybridized carbons (Fsp3) is 0.188. The number of H-pyrrole nitrogens is 1. The summed E-state index contributed by atoms with van der Waals surface area (Å²) in [5, 5.41) is 12.4. The van der Waals surface area contributed by atoms with Gasteiger partial charge in [0, 0.05) is 53.9 Å². The Morgan fingerprint density at radius 3 is 2.95 bits per heavy atom. The van der Waals surface area contributed by atoms with E-state index in [9.17, 15) is 10.1 Å². The van der Waals surface area contributed by atoms with Crippen LogP contribution >= 0.6 is 0 Å². The summed E-state index contributed by atoms with van der Waals surface area (Å²) in [4.78, 5) is 20.5. The zero-order valence-electron chi connectivity index (χ0n) is 11.8. The monoisotopic (exact) mass is 294 g/mol. The predicted molar refractivity (Wildman–Crippen MR) is 83.9 cm³/mol. The number of pyridine rings is 1. The van der Waals surface area contributed by atoms with Crippen LogP contribution in [0.4, 0.5) is 11.5 Å². The van der Waals surface area contributed by atoms with Crippen LogP contribution in [0.3, 0.4) is 0 Å². The zero-order valence-corrected chi connectivity index (χ0v) is 11.8. The summed E-state index contributed by atoms with van der Waals surface area (Å²) in [5.41, 5.74) is 3.61. The lowest BCUT2D eigenvalue weighted by Gasteiger charge is -2.27. The van der Waals surface area contributed by atoms with Crippen molar-refractivity contribution in [3.8, 4) is 0 Å². The summed E-state index contributed by atoms with van der Waals surface area (Å²) in [6, 6.07) is 11.3. The molecule has 0 spiro atoms. The average molecular weight is 294 g/mol. The van der Waals surface area contributed by atoms with Crippen LogP contribution in [0.5, 0.6) is 0 Å². The number of para-hydroxylation sites is 1. The molecule has 22 heavy (non-hydrogen) atoms. The number of nitrogens with one attached hydrogen (secondary N) is 1. The number of nitrogens with zero attached hydrogens (tertiary/aromatic N) is 3. The predicted octanol–water partition coefficient (Wildman–Crippen LogP) is 3.03. The second-order valence-corrected chi connectivity index (χ2v) is 5.40. The first-order valence-corrected chi connectivity index (χ1v) is 7.17. The molecule has 1 aromatic carbocycles. The molecule has 0 amide bonds. The summed E-state index contributed by atoms with van der Waals surface area (Å²) in [6.07, 6.45) is 2.44. The number of benzene rings is 1. The van der Waals surface area contributed by atoms with Gasteiger partial charge in [0.2, 0.25) is 5.82 Å². The molecule has 2 aromatic heterocycles. The van der Waals surface area contributed by atoms with Gasteiger partial charge in [-0.1, -0.05) is 18.2 Å². The molecule has 3 aromatic rings. The zero-order chi connectivity index (χ0) is 15.1. The molecule has 110 valence electrons. The molecular weight excluding hydrogens is 280 g/mol. The summed E-state index contributed by atoms with van der Waals surface area (Å²) < 4.78 is 0. The molecule has 0 unspecified atom stereocenters. The molecule has 1 aliphatic heterocycles. The van der Waals surface area contributed by atoms with Crippen LogP contribution in [0.15, 0.2) is 42.6 Å². The van der Waals surface area contributed by atoms with E-state index in [1.54, 1.807) is 12.3 Å². The van der Waals surface area contributed by atoms with Gasteiger partial charge in [-0.05, 0) is 12.1 Å². The lowest BCUT2D eigenvalue weighted by molar-refractivity contribution is -0.384. The van der Waals surface area contributed by atoms with Gasteiger partial charge in [-0.3, -0.25) is 10.1 Å². The fourth-order valence-corrected chi connectivity index (χ4v) is 3.12. The standard InChI is InChI=1S/C16H14N4O2/c21-20(22)15-6-3-8-17-16(15)19-9-7-14-12(10-19)11-4-1-2-5-13(11)18-14/h1-6,8,18H,7,9-10H2. The second-order valence-electron chi connectivity index (χ2n) is 5.40. The molecule has 0 saturated heterocycles. The first-order chi connectivity index (χ1) is 10.7. The van der Waals surface area contributed by atoms with Crippen molar-refractivity contribution in [3.63, 3.8) is 0 Å². The van der Waals surface area contributed by atoms with E-state index in [-0.39, 0.29) is 10.6 Å². The third-order valence-corrected chi connectivity index (χ3v) is 4.15. The first-order valence-electron chi connectivity index (χ1n) is 7.17. The first kappa shape index (κ1) is 12.8. The van der Waals surface area contributed by atoms with Crippen LogP contribution in [-0.4, -0.2) is 21.4 Å². The van der Waals surface area contributed by atoms with Crippen LogP contribution in [-0.2, 0) is 13.0 Å². The minimum atomic E-state index is -0.368. The molecule has 3 heterocycles. The van der Waals surface area contributed by atoms with Crippen molar-refractivity contribution in [3.05, 3.63) is 64.0 Å². The van der Waals surface area contributed by atoms with Crippen molar-refractivity contribution < 1.29 is 4.92 Å². The van der Waals surface area contributed by atoms with Gasteiger partial charge in [0.25, 0.3) is 0 Å². The van der Waals surface area contributed by atoms with Crippen molar-refractivity contribution in [1.82, 2.24) is 9.97 Å². The Labute approximate surface area is 126 Å². The van der Waals surface area contributed by atoms with Gasteiger partial charge < -0.3 is 9.88 Å². The van der Waals surface area contributed by atoms with Crippen molar-refractivity contribution in [2.75, 3.05) is 11.4 Å². The highest BCUT2D eigenvalue weighted by atomic mass is 16.6. The maximum Gasteiger partial charge on any atom is 0.311 e. The van der Waals surface area contributed by atoms with E-state index in [2.05, 4.69) is 22.1 Å². The van der Waals surface area contributed by atoms with Crippen LogP contribution in [0.25, 0.3) is 10.9 Å². The third-order valence-electron chi connectivity index (χ3n) is 4.15.